The second-order valence-electron chi connectivity index (χ2n) is 5.30. The molecule has 0 aliphatic rings. The van der Waals surface area contributed by atoms with Gasteiger partial charge in [0.15, 0.2) is 25.9 Å². The van der Waals surface area contributed by atoms with Gasteiger partial charge >= 0.3 is 0 Å². The molecule has 0 saturated heterocycles. The summed E-state index contributed by atoms with van der Waals surface area (Å²) in [4.78, 5) is 8.68. The van der Waals surface area contributed by atoms with E-state index in [0.29, 0.717) is 25.2 Å². The van der Waals surface area contributed by atoms with Crippen molar-refractivity contribution in [3.05, 3.63) is 42.0 Å². The molecule has 0 saturated carbocycles. The largest absolute Gasteiger partial charge is 0.307 e. The highest BCUT2D eigenvalue weighted by molar-refractivity contribution is 7.90. The van der Waals surface area contributed by atoms with Crippen LogP contribution >= 0.6 is 22.7 Å². The lowest BCUT2D eigenvalue weighted by Crippen LogP contribution is -1.95. The maximum absolute atomic E-state index is 13.7. The molecule has 0 atom stereocenters. The number of aromatic nitrogens is 2. The van der Waals surface area contributed by atoms with E-state index in [1.54, 1.807) is 12.1 Å². The highest BCUT2D eigenvalue weighted by atomic mass is 32.2. The van der Waals surface area contributed by atoms with Crippen molar-refractivity contribution in [3.63, 3.8) is 0 Å². The van der Waals surface area contributed by atoms with Crippen LogP contribution in [0.3, 0.4) is 0 Å². The molecule has 0 spiro atoms. The molecule has 0 unspecified atom stereocenters. The van der Waals surface area contributed by atoms with Crippen molar-refractivity contribution in [1.29, 1.82) is 0 Å². The molecule has 0 amide bonds. The van der Waals surface area contributed by atoms with Crippen LogP contribution in [0.2, 0.25) is 0 Å². The van der Waals surface area contributed by atoms with Crippen molar-refractivity contribution in [2.24, 2.45) is 0 Å². The van der Waals surface area contributed by atoms with E-state index in [0.717, 1.165) is 23.7 Å². The van der Waals surface area contributed by atoms with Gasteiger partial charge in [-0.05, 0) is 24.3 Å². The van der Waals surface area contributed by atoms with Crippen LogP contribution in [0.1, 0.15) is 0 Å². The van der Waals surface area contributed by atoms with Gasteiger partial charge in [0, 0.05) is 12.3 Å². The van der Waals surface area contributed by atoms with Gasteiger partial charge in [-0.3, -0.25) is 0 Å². The van der Waals surface area contributed by atoms with Gasteiger partial charge in [-0.25, -0.2) is 27.2 Å². The summed E-state index contributed by atoms with van der Waals surface area (Å²) < 4.78 is 51.3. The quantitative estimate of drug-likeness (QED) is 0.557. The monoisotopic (exact) mass is 397 g/mol. The van der Waals surface area contributed by atoms with E-state index in [4.69, 9.17) is 0 Å². The molecular weight excluding hydrogens is 388 g/mol. The molecular formula is C15H9F2N3O2S3. The van der Waals surface area contributed by atoms with Gasteiger partial charge in [-0.1, -0.05) is 22.7 Å². The minimum Gasteiger partial charge on any atom is -0.307 e. The number of rotatable bonds is 3. The van der Waals surface area contributed by atoms with Crippen LogP contribution in [-0.2, 0) is 9.84 Å². The molecule has 0 radical (unpaired) electrons. The Morgan fingerprint density at radius 2 is 1.72 bits per heavy atom. The average Bonchev–Trinajstić information content (AvgIpc) is 3.08. The van der Waals surface area contributed by atoms with Gasteiger partial charge < -0.3 is 5.32 Å². The van der Waals surface area contributed by atoms with Crippen LogP contribution < -0.4 is 5.32 Å². The standard InChI is InChI=1S/C15H9F2N3O2S3/c1-25(21,22)8-2-3-10-11(6-8)23-14(18-10)20-15-19-13-9(17)4-7(16)5-12(13)24-15/h2-6H,1H3,(H,18,19,20). The van der Waals surface area contributed by atoms with Crippen molar-refractivity contribution in [2.45, 2.75) is 4.90 Å². The minimum absolute atomic E-state index is 0.0920. The van der Waals surface area contributed by atoms with E-state index in [-0.39, 0.29) is 10.4 Å². The molecule has 128 valence electrons. The summed E-state index contributed by atoms with van der Waals surface area (Å²) in [6.45, 7) is 0. The molecule has 0 aliphatic carbocycles. The Labute approximate surface area is 148 Å². The normalized spacial score (nSPS) is 12.1. The van der Waals surface area contributed by atoms with Crippen molar-refractivity contribution < 1.29 is 17.2 Å². The van der Waals surface area contributed by atoms with E-state index < -0.39 is 21.5 Å². The van der Waals surface area contributed by atoms with Gasteiger partial charge in [-0.15, -0.1) is 0 Å². The average molecular weight is 397 g/mol. The van der Waals surface area contributed by atoms with Gasteiger partial charge in [0.1, 0.15) is 11.3 Å². The van der Waals surface area contributed by atoms with E-state index in [9.17, 15) is 17.2 Å². The van der Waals surface area contributed by atoms with E-state index in [1.165, 1.54) is 23.5 Å². The predicted octanol–water partition coefficient (Wildman–Crippen LogP) is 4.33. The fraction of sp³-hybridized carbons (Fsp3) is 0.0667. The lowest BCUT2D eigenvalue weighted by molar-refractivity contribution is 0.591. The highest BCUT2D eigenvalue weighted by Crippen LogP contribution is 2.34. The first-order valence-corrected chi connectivity index (χ1v) is 10.5. The smallest absolute Gasteiger partial charge is 0.190 e. The van der Waals surface area contributed by atoms with Crippen LogP contribution in [0.4, 0.5) is 19.0 Å². The van der Waals surface area contributed by atoms with Crippen LogP contribution in [0.5, 0.6) is 0 Å². The number of halogens is 2. The molecule has 5 nitrogen and oxygen atoms in total. The Balaban J connectivity index is 1.72. The van der Waals surface area contributed by atoms with E-state index >= 15 is 0 Å². The first-order valence-electron chi connectivity index (χ1n) is 6.93. The minimum atomic E-state index is -3.30. The summed E-state index contributed by atoms with van der Waals surface area (Å²) in [6.07, 6.45) is 1.14. The molecule has 10 heteroatoms. The number of nitrogens with one attached hydrogen (secondary N) is 1. The number of hydrogen-bond acceptors (Lipinski definition) is 7. The topological polar surface area (TPSA) is 72.0 Å². The van der Waals surface area contributed by atoms with Crippen molar-refractivity contribution in [3.8, 4) is 0 Å². The molecule has 25 heavy (non-hydrogen) atoms. The predicted molar refractivity (Wildman–Crippen MR) is 95.5 cm³/mol. The maximum atomic E-state index is 13.7. The highest BCUT2D eigenvalue weighted by Gasteiger charge is 2.14. The van der Waals surface area contributed by atoms with Crippen LogP contribution in [0.15, 0.2) is 35.2 Å². The first kappa shape index (κ1) is 16.3. The molecule has 1 N–H and O–H groups in total. The van der Waals surface area contributed by atoms with Crippen molar-refractivity contribution >= 4 is 63.2 Å². The molecule has 0 aliphatic heterocycles. The van der Waals surface area contributed by atoms with E-state index in [2.05, 4.69) is 15.3 Å². The second kappa shape index (κ2) is 5.68. The third kappa shape index (κ3) is 3.08. The Kier molecular flexibility index (Phi) is 3.71. The summed E-state index contributed by atoms with van der Waals surface area (Å²) in [6, 6.07) is 6.69. The Morgan fingerprint density at radius 1 is 1.00 bits per heavy atom. The Bertz CT molecular complexity index is 1230. The summed E-state index contributed by atoms with van der Waals surface area (Å²) in [7, 11) is -3.30. The summed E-state index contributed by atoms with van der Waals surface area (Å²) >= 11 is 2.36. The zero-order valence-electron chi connectivity index (χ0n) is 12.6. The van der Waals surface area contributed by atoms with Crippen LogP contribution in [0.25, 0.3) is 20.4 Å². The third-order valence-electron chi connectivity index (χ3n) is 3.42. The van der Waals surface area contributed by atoms with Gasteiger partial charge in [0.2, 0.25) is 0 Å². The Morgan fingerprint density at radius 3 is 2.48 bits per heavy atom. The lowest BCUT2D eigenvalue weighted by atomic mass is 10.3. The number of anilines is 2. The number of thiazole rings is 2. The number of fused-ring (bicyclic) bond motifs is 2. The fourth-order valence-corrected chi connectivity index (χ4v) is 4.89. The maximum Gasteiger partial charge on any atom is 0.190 e. The first-order chi connectivity index (χ1) is 11.8. The molecule has 4 rings (SSSR count). The zero-order chi connectivity index (χ0) is 17.8. The summed E-state index contributed by atoms with van der Waals surface area (Å²) in [5.41, 5.74) is 0.729. The number of hydrogen-bond donors (Lipinski definition) is 1. The van der Waals surface area contributed by atoms with Gasteiger partial charge in [-0.2, -0.15) is 0 Å². The van der Waals surface area contributed by atoms with Crippen molar-refractivity contribution in [1.82, 2.24) is 9.97 Å². The number of sulfone groups is 1. The molecule has 4 aromatic rings. The summed E-state index contributed by atoms with van der Waals surface area (Å²) in [5, 5.41) is 3.83. The zero-order valence-corrected chi connectivity index (χ0v) is 15.0. The molecule has 2 aromatic carbocycles. The van der Waals surface area contributed by atoms with Gasteiger partial charge in [0.25, 0.3) is 0 Å². The fourth-order valence-electron chi connectivity index (χ4n) is 2.29. The summed E-state index contributed by atoms with van der Waals surface area (Å²) in [5.74, 6) is -1.38. The van der Waals surface area contributed by atoms with E-state index in [1.807, 2.05) is 0 Å². The molecule has 0 bridgehead atoms. The molecule has 2 aromatic heterocycles. The molecule has 0 fully saturated rings. The van der Waals surface area contributed by atoms with Crippen LogP contribution in [-0.4, -0.2) is 24.6 Å². The lowest BCUT2D eigenvalue weighted by Gasteiger charge is -1.96. The second-order valence-corrected chi connectivity index (χ2v) is 9.38. The third-order valence-corrected chi connectivity index (χ3v) is 6.38. The van der Waals surface area contributed by atoms with Crippen molar-refractivity contribution in [2.75, 3.05) is 11.6 Å². The Hall–Kier alpha value is -2.17. The van der Waals surface area contributed by atoms with Gasteiger partial charge in [0.05, 0.1) is 19.8 Å². The number of nitrogens with zero attached hydrogens (tertiary/aromatic N) is 2. The SMILES string of the molecule is CS(=O)(=O)c1ccc2nc(Nc3nc4c(F)cc(F)cc4s3)sc2c1. The number of benzene rings is 2. The molecule has 2 heterocycles. The van der Waals surface area contributed by atoms with Crippen LogP contribution in [0, 0.1) is 11.6 Å².